The Kier molecular flexibility index (Phi) is 5.81. The van der Waals surface area contributed by atoms with E-state index in [0.29, 0.717) is 17.9 Å². The van der Waals surface area contributed by atoms with Gasteiger partial charge in [0.05, 0.1) is 34.9 Å². The zero-order chi connectivity index (χ0) is 22.3. The van der Waals surface area contributed by atoms with Crippen molar-refractivity contribution in [1.82, 2.24) is 9.88 Å². The largest absolute Gasteiger partial charge is 0.492 e. The highest BCUT2D eigenvalue weighted by atomic mass is 32.2. The van der Waals surface area contributed by atoms with Crippen LogP contribution in [0.25, 0.3) is 0 Å². The molecule has 0 saturated carbocycles. The molecule has 0 fully saturated rings. The third-order valence-electron chi connectivity index (χ3n) is 4.56. The Morgan fingerprint density at radius 1 is 1.23 bits per heavy atom. The number of pyridine rings is 1. The van der Waals surface area contributed by atoms with Crippen molar-refractivity contribution in [2.75, 3.05) is 12.9 Å². The molecule has 0 aliphatic carbocycles. The Morgan fingerprint density at radius 2 is 1.93 bits per heavy atom. The predicted molar refractivity (Wildman–Crippen MR) is 103 cm³/mol. The summed E-state index contributed by atoms with van der Waals surface area (Å²) in [6.07, 6.45) is -2.76. The van der Waals surface area contributed by atoms with Gasteiger partial charge in [-0.1, -0.05) is 13.8 Å². The van der Waals surface area contributed by atoms with E-state index in [4.69, 9.17) is 4.74 Å². The molecular weight excluding hydrogens is 421 g/mol. The number of alkyl halides is 3. The molecule has 0 unspecified atom stereocenters. The van der Waals surface area contributed by atoms with Gasteiger partial charge in [-0.2, -0.15) is 13.2 Å². The standard InChI is InChI=1S/C20H21F3N2O4S/c1-12(2)11-29-18-5-4-15(30(3,27)28)7-16(18)19(26)25-9-13-6-14(20(21,22)23)8-24-17(13)10-25/h4-8,12H,9-11H2,1-3H3. The van der Waals surface area contributed by atoms with E-state index in [0.717, 1.165) is 18.5 Å². The number of ether oxygens (including phenoxy) is 1. The van der Waals surface area contributed by atoms with E-state index in [-0.39, 0.29) is 35.2 Å². The lowest BCUT2D eigenvalue weighted by Crippen LogP contribution is -2.26. The monoisotopic (exact) mass is 442 g/mol. The van der Waals surface area contributed by atoms with Crippen LogP contribution in [0.1, 0.15) is 41.0 Å². The summed E-state index contributed by atoms with van der Waals surface area (Å²) >= 11 is 0. The number of carbonyl (C=O) groups is 1. The van der Waals surface area contributed by atoms with Crippen LogP contribution in [-0.4, -0.2) is 37.1 Å². The average molecular weight is 442 g/mol. The number of halogens is 3. The lowest BCUT2D eigenvalue weighted by molar-refractivity contribution is -0.137. The molecule has 1 aromatic carbocycles. The zero-order valence-electron chi connectivity index (χ0n) is 16.7. The number of aromatic nitrogens is 1. The third-order valence-corrected chi connectivity index (χ3v) is 5.67. The Bertz CT molecular complexity index is 1080. The summed E-state index contributed by atoms with van der Waals surface area (Å²) in [5.41, 5.74) is -0.152. The Labute approximate surface area is 172 Å². The van der Waals surface area contributed by atoms with Gasteiger partial charge in [-0.3, -0.25) is 9.78 Å². The number of benzene rings is 1. The molecular formula is C20H21F3N2O4S. The Hall–Kier alpha value is -2.62. The van der Waals surface area contributed by atoms with Gasteiger partial charge in [0.25, 0.3) is 5.91 Å². The second-order valence-corrected chi connectivity index (χ2v) is 9.64. The molecule has 1 aliphatic rings. The van der Waals surface area contributed by atoms with Crippen LogP contribution in [0.15, 0.2) is 35.4 Å². The molecule has 1 aliphatic heterocycles. The van der Waals surface area contributed by atoms with Crippen molar-refractivity contribution in [2.24, 2.45) is 5.92 Å². The van der Waals surface area contributed by atoms with Crippen molar-refractivity contribution in [3.05, 3.63) is 52.8 Å². The molecule has 0 N–H and O–H groups in total. The summed E-state index contributed by atoms with van der Waals surface area (Å²) in [4.78, 5) is 18.3. The lowest BCUT2D eigenvalue weighted by atomic mass is 10.1. The number of fused-ring (bicyclic) bond motifs is 1. The van der Waals surface area contributed by atoms with Crippen LogP contribution in [0, 0.1) is 5.92 Å². The van der Waals surface area contributed by atoms with Crippen molar-refractivity contribution in [3.8, 4) is 5.75 Å². The topological polar surface area (TPSA) is 76.6 Å². The van der Waals surface area contributed by atoms with Crippen LogP contribution in [-0.2, 0) is 29.1 Å². The molecule has 2 aromatic rings. The maximum atomic E-state index is 13.1. The van der Waals surface area contributed by atoms with E-state index >= 15 is 0 Å². The normalized spacial score (nSPS) is 14.2. The summed E-state index contributed by atoms with van der Waals surface area (Å²) < 4.78 is 68.4. The van der Waals surface area contributed by atoms with Gasteiger partial charge in [0.2, 0.25) is 0 Å². The smallest absolute Gasteiger partial charge is 0.417 e. The second kappa shape index (κ2) is 7.90. The van der Waals surface area contributed by atoms with Gasteiger partial charge >= 0.3 is 6.18 Å². The Morgan fingerprint density at radius 3 is 2.53 bits per heavy atom. The molecule has 0 spiro atoms. The molecule has 0 atom stereocenters. The first-order valence-electron chi connectivity index (χ1n) is 9.17. The molecule has 0 bridgehead atoms. The number of sulfone groups is 1. The summed E-state index contributed by atoms with van der Waals surface area (Å²) in [6, 6.07) is 5.01. The van der Waals surface area contributed by atoms with Crippen LogP contribution in [0.2, 0.25) is 0 Å². The second-order valence-electron chi connectivity index (χ2n) is 7.62. The fourth-order valence-corrected chi connectivity index (χ4v) is 3.67. The third kappa shape index (κ3) is 4.75. The molecule has 6 nitrogen and oxygen atoms in total. The highest BCUT2D eigenvalue weighted by Gasteiger charge is 2.34. The Balaban J connectivity index is 1.93. The first kappa shape index (κ1) is 22.1. The predicted octanol–water partition coefficient (Wildman–Crippen LogP) is 3.69. The van der Waals surface area contributed by atoms with Crippen LogP contribution >= 0.6 is 0 Å². The van der Waals surface area contributed by atoms with Gasteiger partial charge in [-0.15, -0.1) is 0 Å². The van der Waals surface area contributed by atoms with Gasteiger partial charge in [-0.05, 0) is 35.7 Å². The number of carbonyl (C=O) groups excluding carboxylic acids is 1. The minimum Gasteiger partial charge on any atom is -0.492 e. The molecule has 30 heavy (non-hydrogen) atoms. The average Bonchev–Trinajstić information content (AvgIpc) is 3.07. The first-order valence-corrected chi connectivity index (χ1v) is 11.1. The molecule has 10 heteroatoms. The van der Waals surface area contributed by atoms with Crippen molar-refractivity contribution >= 4 is 15.7 Å². The maximum absolute atomic E-state index is 13.1. The van der Waals surface area contributed by atoms with E-state index in [1.807, 2.05) is 13.8 Å². The van der Waals surface area contributed by atoms with Gasteiger partial charge in [0.1, 0.15) is 5.75 Å². The van der Waals surface area contributed by atoms with Crippen molar-refractivity contribution in [3.63, 3.8) is 0 Å². The molecule has 1 aromatic heterocycles. The van der Waals surface area contributed by atoms with Crippen molar-refractivity contribution < 1.29 is 31.1 Å². The van der Waals surface area contributed by atoms with E-state index in [1.54, 1.807) is 0 Å². The molecule has 1 amide bonds. The van der Waals surface area contributed by atoms with Crippen LogP contribution in [0.5, 0.6) is 5.75 Å². The number of nitrogens with zero attached hydrogens (tertiary/aromatic N) is 2. The maximum Gasteiger partial charge on any atom is 0.417 e. The van der Waals surface area contributed by atoms with Gasteiger partial charge in [-0.25, -0.2) is 8.42 Å². The van der Waals surface area contributed by atoms with Gasteiger partial charge in [0.15, 0.2) is 9.84 Å². The number of hydrogen-bond donors (Lipinski definition) is 0. The van der Waals surface area contributed by atoms with Crippen LogP contribution in [0.3, 0.4) is 0 Å². The minimum atomic E-state index is -4.53. The SMILES string of the molecule is CC(C)COc1ccc(S(C)(=O)=O)cc1C(=O)N1Cc2cc(C(F)(F)F)cnc2C1. The van der Waals surface area contributed by atoms with E-state index in [9.17, 15) is 26.4 Å². The van der Waals surface area contributed by atoms with Crippen LogP contribution in [0.4, 0.5) is 13.2 Å². The highest BCUT2D eigenvalue weighted by Crippen LogP contribution is 2.33. The highest BCUT2D eigenvalue weighted by molar-refractivity contribution is 7.90. The minimum absolute atomic E-state index is 0.0268. The molecule has 0 radical (unpaired) electrons. The number of amides is 1. The summed E-state index contributed by atoms with van der Waals surface area (Å²) in [6.45, 7) is 4.13. The van der Waals surface area contributed by atoms with Crippen molar-refractivity contribution in [2.45, 2.75) is 38.0 Å². The van der Waals surface area contributed by atoms with E-state index in [1.165, 1.54) is 23.1 Å². The van der Waals surface area contributed by atoms with E-state index in [2.05, 4.69) is 4.98 Å². The molecule has 0 saturated heterocycles. The molecule has 2 heterocycles. The van der Waals surface area contributed by atoms with Gasteiger partial charge < -0.3 is 9.64 Å². The molecule has 162 valence electrons. The summed E-state index contributed by atoms with van der Waals surface area (Å²) in [5.74, 6) is -0.143. The van der Waals surface area contributed by atoms with Gasteiger partial charge in [0, 0.05) is 19.0 Å². The van der Waals surface area contributed by atoms with Crippen molar-refractivity contribution in [1.29, 1.82) is 0 Å². The fraction of sp³-hybridized carbons (Fsp3) is 0.400. The first-order chi connectivity index (χ1) is 13.9. The fourth-order valence-electron chi connectivity index (χ4n) is 3.02. The number of hydrogen-bond acceptors (Lipinski definition) is 5. The lowest BCUT2D eigenvalue weighted by Gasteiger charge is -2.19. The summed E-state index contributed by atoms with van der Waals surface area (Å²) in [7, 11) is -3.57. The quantitative estimate of drug-likeness (QED) is 0.706. The molecule has 3 rings (SSSR count). The summed E-state index contributed by atoms with van der Waals surface area (Å²) in [5, 5.41) is 0. The van der Waals surface area contributed by atoms with Crippen LogP contribution < -0.4 is 4.74 Å². The zero-order valence-corrected chi connectivity index (χ0v) is 17.5. The van der Waals surface area contributed by atoms with E-state index < -0.39 is 27.5 Å². The number of rotatable bonds is 5.